The van der Waals surface area contributed by atoms with Crippen LogP contribution in [0.2, 0.25) is 0 Å². The summed E-state index contributed by atoms with van der Waals surface area (Å²) in [5.41, 5.74) is 0.721. The van der Waals surface area contributed by atoms with Gasteiger partial charge in [0.05, 0.1) is 12.2 Å². The van der Waals surface area contributed by atoms with E-state index >= 15 is 0 Å². The zero-order chi connectivity index (χ0) is 21.5. The predicted molar refractivity (Wildman–Crippen MR) is 114 cm³/mol. The average molecular weight is 417 g/mol. The molecule has 0 aromatic heterocycles. The molecule has 164 valence electrons. The van der Waals surface area contributed by atoms with Crippen molar-refractivity contribution in [3.63, 3.8) is 0 Å². The summed E-state index contributed by atoms with van der Waals surface area (Å²) >= 11 is 0. The summed E-state index contributed by atoms with van der Waals surface area (Å²) in [6.07, 6.45) is 1.12. The van der Waals surface area contributed by atoms with Crippen LogP contribution in [0.15, 0.2) is 24.3 Å². The van der Waals surface area contributed by atoms with Crippen molar-refractivity contribution < 1.29 is 19.1 Å². The van der Waals surface area contributed by atoms with Crippen LogP contribution in [-0.4, -0.2) is 91.4 Å². The zero-order valence-corrected chi connectivity index (χ0v) is 18.0. The van der Waals surface area contributed by atoms with Gasteiger partial charge in [-0.15, -0.1) is 0 Å². The maximum Gasteiger partial charge on any atom is 0.265 e. The van der Waals surface area contributed by atoms with Crippen LogP contribution in [0.4, 0.5) is 5.69 Å². The molecule has 0 N–H and O–H groups in total. The van der Waals surface area contributed by atoms with E-state index in [-0.39, 0.29) is 30.7 Å². The van der Waals surface area contributed by atoms with Gasteiger partial charge in [0.1, 0.15) is 5.75 Å². The third-order valence-electron chi connectivity index (χ3n) is 5.77. The molecule has 0 unspecified atom stereocenters. The normalized spacial score (nSPS) is 17.2. The summed E-state index contributed by atoms with van der Waals surface area (Å²) in [6.45, 7) is 8.97. The smallest absolute Gasteiger partial charge is 0.265 e. The van der Waals surface area contributed by atoms with E-state index in [0.717, 1.165) is 31.7 Å². The van der Waals surface area contributed by atoms with Crippen molar-refractivity contribution in [1.82, 2.24) is 14.7 Å². The van der Waals surface area contributed by atoms with Gasteiger partial charge in [0.25, 0.3) is 5.91 Å². The van der Waals surface area contributed by atoms with Gasteiger partial charge in [0, 0.05) is 52.2 Å². The second kappa shape index (κ2) is 10.4. The number of benzene rings is 1. The molecule has 3 amide bonds. The third-order valence-corrected chi connectivity index (χ3v) is 5.77. The molecule has 1 aromatic carbocycles. The molecule has 2 aliphatic heterocycles. The van der Waals surface area contributed by atoms with E-state index in [0.29, 0.717) is 38.5 Å². The molecular weight excluding hydrogens is 384 g/mol. The molecule has 1 aromatic rings. The average Bonchev–Trinajstić information content (AvgIpc) is 2.99. The van der Waals surface area contributed by atoms with Crippen molar-refractivity contribution in [2.75, 3.05) is 63.9 Å². The maximum atomic E-state index is 12.8. The van der Waals surface area contributed by atoms with Crippen molar-refractivity contribution in [2.45, 2.75) is 26.7 Å². The van der Waals surface area contributed by atoms with Gasteiger partial charge in [-0.25, -0.2) is 0 Å². The lowest BCUT2D eigenvalue weighted by Crippen LogP contribution is -2.43. The largest absolute Gasteiger partial charge is 0.482 e. The van der Waals surface area contributed by atoms with Crippen LogP contribution in [0.5, 0.6) is 5.75 Å². The van der Waals surface area contributed by atoms with E-state index in [4.69, 9.17) is 4.74 Å². The first-order valence-corrected chi connectivity index (χ1v) is 10.8. The monoisotopic (exact) mass is 416 g/mol. The van der Waals surface area contributed by atoms with Crippen LogP contribution in [0, 0.1) is 0 Å². The zero-order valence-electron chi connectivity index (χ0n) is 18.0. The second-order valence-electron chi connectivity index (χ2n) is 7.63. The molecule has 8 heteroatoms. The van der Waals surface area contributed by atoms with E-state index in [1.54, 1.807) is 4.90 Å². The van der Waals surface area contributed by atoms with Gasteiger partial charge in [-0.1, -0.05) is 12.1 Å². The minimum atomic E-state index is -0.126. The number of anilines is 1. The van der Waals surface area contributed by atoms with E-state index in [1.807, 2.05) is 47.9 Å². The molecule has 0 spiro atoms. The Hall–Kier alpha value is -2.61. The molecule has 2 heterocycles. The predicted octanol–water partition coefficient (Wildman–Crippen LogP) is 1.20. The lowest BCUT2D eigenvalue weighted by molar-refractivity contribution is -0.132. The van der Waals surface area contributed by atoms with Gasteiger partial charge < -0.3 is 19.4 Å². The lowest BCUT2D eigenvalue weighted by Gasteiger charge is -2.30. The fourth-order valence-corrected chi connectivity index (χ4v) is 4.01. The highest BCUT2D eigenvalue weighted by Crippen LogP contribution is 2.31. The van der Waals surface area contributed by atoms with E-state index in [1.165, 1.54) is 0 Å². The van der Waals surface area contributed by atoms with Crippen molar-refractivity contribution in [3.8, 4) is 5.75 Å². The fourth-order valence-electron chi connectivity index (χ4n) is 4.01. The Morgan fingerprint density at radius 2 is 1.83 bits per heavy atom. The summed E-state index contributed by atoms with van der Waals surface area (Å²) in [4.78, 5) is 44.9. The summed E-state index contributed by atoms with van der Waals surface area (Å²) in [5, 5.41) is 0. The first kappa shape index (κ1) is 22.1. The van der Waals surface area contributed by atoms with Crippen LogP contribution in [0.25, 0.3) is 0 Å². The minimum absolute atomic E-state index is 0.00441. The van der Waals surface area contributed by atoms with Crippen LogP contribution < -0.4 is 9.64 Å². The van der Waals surface area contributed by atoms with Gasteiger partial charge in [-0.2, -0.15) is 0 Å². The highest BCUT2D eigenvalue weighted by atomic mass is 16.5. The van der Waals surface area contributed by atoms with Crippen molar-refractivity contribution >= 4 is 23.4 Å². The topological polar surface area (TPSA) is 73.4 Å². The Labute approximate surface area is 178 Å². The summed E-state index contributed by atoms with van der Waals surface area (Å²) in [7, 11) is 0. The molecule has 0 radical (unpaired) electrons. The second-order valence-corrected chi connectivity index (χ2v) is 7.63. The number of nitrogens with zero attached hydrogens (tertiary/aromatic N) is 4. The Morgan fingerprint density at radius 1 is 1.07 bits per heavy atom. The fraction of sp³-hybridized carbons (Fsp3) is 0.591. The first-order valence-electron chi connectivity index (χ1n) is 10.8. The standard InChI is InChI=1S/C22H32N4O4/c1-3-24(4-2)21(28)16-23-11-7-12-25(15-14-23)20(27)10-13-26-18-8-5-6-9-19(18)30-17-22(26)29/h5-6,8-9H,3-4,7,10-17H2,1-2H3. The minimum Gasteiger partial charge on any atom is -0.482 e. The number of rotatable bonds is 7. The number of para-hydroxylation sites is 2. The van der Waals surface area contributed by atoms with Crippen molar-refractivity contribution in [1.29, 1.82) is 0 Å². The van der Waals surface area contributed by atoms with Gasteiger partial charge >= 0.3 is 0 Å². The van der Waals surface area contributed by atoms with Crippen LogP contribution in [0.3, 0.4) is 0 Å². The molecule has 0 atom stereocenters. The molecule has 1 fully saturated rings. The SMILES string of the molecule is CCN(CC)C(=O)CN1CCCN(C(=O)CCN2C(=O)COc3ccccc32)CC1. The summed E-state index contributed by atoms with van der Waals surface area (Å²) in [6, 6.07) is 7.40. The number of carbonyl (C=O) groups is 3. The Kier molecular flexibility index (Phi) is 7.68. The Morgan fingerprint density at radius 3 is 2.60 bits per heavy atom. The van der Waals surface area contributed by atoms with Gasteiger partial charge in [-0.3, -0.25) is 19.3 Å². The molecule has 0 bridgehead atoms. The quantitative estimate of drug-likeness (QED) is 0.668. The van der Waals surface area contributed by atoms with Crippen molar-refractivity contribution in [2.24, 2.45) is 0 Å². The first-order chi connectivity index (χ1) is 14.5. The van der Waals surface area contributed by atoms with Crippen LogP contribution in [0.1, 0.15) is 26.7 Å². The molecule has 3 rings (SSSR count). The van der Waals surface area contributed by atoms with Crippen molar-refractivity contribution in [3.05, 3.63) is 24.3 Å². The molecular formula is C22H32N4O4. The number of fused-ring (bicyclic) bond motifs is 1. The van der Waals surface area contributed by atoms with Gasteiger partial charge in [0.15, 0.2) is 6.61 Å². The Balaban J connectivity index is 1.51. The maximum absolute atomic E-state index is 12.8. The van der Waals surface area contributed by atoms with Crippen LogP contribution >= 0.6 is 0 Å². The number of likely N-dealkylation sites (N-methyl/N-ethyl adjacent to an activating group) is 1. The third kappa shape index (κ3) is 5.30. The van der Waals surface area contributed by atoms with Gasteiger partial charge in [0.2, 0.25) is 11.8 Å². The highest BCUT2D eigenvalue weighted by Gasteiger charge is 2.27. The van der Waals surface area contributed by atoms with E-state index in [2.05, 4.69) is 4.90 Å². The summed E-state index contributed by atoms with van der Waals surface area (Å²) < 4.78 is 5.46. The van der Waals surface area contributed by atoms with E-state index < -0.39 is 0 Å². The highest BCUT2D eigenvalue weighted by molar-refractivity contribution is 5.98. The molecule has 0 aliphatic carbocycles. The number of hydrogen-bond acceptors (Lipinski definition) is 5. The molecule has 2 aliphatic rings. The number of ether oxygens (including phenoxy) is 1. The molecule has 30 heavy (non-hydrogen) atoms. The Bertz CT molecular complexity index is 765. The summed E-state index contributed by atoms with van der Waals surface area (Å²) in [5.74, 6) is 0.735. The van der Waals surface area contributed by atoms with Crippen LogP contribution in [-0.2, 0) is 14.4 Å². The molecule has 0 saturated carbocycles. The molecule has 1 saturated heterocycles. The van der Waals surface area contributed by atoms with E-state index in [9.17, 15) is 14.4 Å². The van der Waals surface area contributed by atoms with Gasteiger partial charge in [-0.05, 0) is 32.4 Å². The number of hydrogen-bond donors (Lipinski definition) is 0. The lowest BCUT2D eigenvalue weighted by atomic mass is 10.2. The number of carbonyl (C=O) groups excluding carboxylic acids is 3. The molecule has 8 nitrogen and oxygen atoms in total. The number of amides is 3.